The number of halogens is 1. The molecule has 0 bridgehead atoms. The van der Waals surface area contributed by atoms with Crippen LogP contribution in [0.5, 0.6) is 0 Å². The molecule has 0 fully saturated rings. The van der Waals surface area contributed by atoms with Crippen molar-refractivity contribution < 1.29 is 14.3 Å². The average molecular weight is 281 g/mol. The molecule has 15 heavy (non-hydrogen) atoms. The molecule has 0 aromatic carbocycles. The average Bonchev–Trinajstić information content (AvgIpc) is 2.16. The molecule has 0 aliphatic heterocycles. The maximum Gasteiger partial charge on any atom is 0.174 e. The SMILES string of the molecule is COC(C)(C)CCOC(C)(C)C(=O)CBr. The molecule has 0 amide bonds. The minimum absolute atomic E-state index is 0.0534. The third-order valence-corrected chi connectivity index (χ3v) is 3.02. The summed E-state index contributed by atoms with van der Waals surface area (Å²) in [6.45, 7) is 8.09. The molecule has 0 rings (SSSR count). The summed E-state index contributed by atoms with van der Waals surface area (Å²) in [6.07, 6.45) is 0.766. The van der Waals surface area contributed by atoms with Gasteiger partial charge < -0.3 is 9.47 Å². The van der Waals surface area contributed by atoms with Crippen LogP contribution in [0.2, 0.25) is 0 Å². The first-order valence-corrected chi connectivity index (χ1v) is 6.16. The molecule has 3 nitrogen and oxygen atoms in total. The number of rotatable bonds is 7. The fourth-order valence-electron chi connectivity index (χ4n) is 0.895. The lowest BCUT2D eigenvalue weighted by Crippen LogP contribution is -2.37. The predicted octanol–water partition coefficient (Wildman–Crippen LogP) is 2.56. The van der Waals surface area contributed by atoms with Crippen LogP contribution in [0.25, 0.3) is 0 Å². The van der Waals surface area contributed by atoms with Crippen molar-refractivity contribution in [3.05, 3.63) is 0 Å². The van der Waals surface area contributed by atoms with Gasteiger partial charge in [0, 0.05) is 7.11 Å². The van der Waals surface area contributed by atoms with Gasteiger partial charge in [-0.3, -0.25) is 4.79 Å². The van der Waals surface area contributed by atoms with Gasteiger partial charge in [0.25, 0.3) is 0 Å². The number of hydrogen-bond acceptors (Lipinski definition) is 3. The number of methoxy groups -OCH3 is 1. The van der Waals surface area contributed by atoms with Crippen LogP contribution in [0, 0.1) is 0 Å². The maximum atomic E-state index is 11.5. The summed E-state index contributed by atoms with van der Waals surface area (Å²) < 4.78 is 10.8. The molecule has 0 heterocycles. The van der Waals surface area contributed by atoms with Crippen LogP contribution >= 0.6 is 15.9 Å². The lowest BCUT2D eigenvalue weighted by Gasteiger charge is -2.27. The van der Waals surface area contributed by atoms with Crippen molar-refractivity contribution in [3.63, 3.8) is 0 Å². The maximum absolute atomic E-state index is 11.5. The van der Waals surface area contributed by atoms with Gasteiger partial charge in [0.15, 0.2) is 5.78 Å². The number of Topliss-reactive ketones (excluding diaryl/α,β-unsaturated/α-hetero) is 1. The summed E-state index contributed by atoms with van der Waals surface area (Å²) in [5, 5.41) is 0.327. The Kier molecular flexibility index (Phi) is 5.99. The summed E-state index contributed by atoms with van der Waals surface area (Å²) >= 11 is 3.14. The van der Waals surface area contributed by atoms with E-state index < -0.39 is 5.60 Å². The zero-order chi connectivity index (χ0) is 12.1. The van der Waals surface area contributed by atoms with E-state index in [2.05, 4.69) is 15.9 Å². The van der Waals surface area contributed by atoms with Crippen LogP contribution in [0.4, 0.5) is 0 Å². The minimum atomic E-state index is -0.715. The van der Waals surface area contributed by atoms with Crippen LogP contribution in [0.15, 0.2) is 0 Å². The van der Waals surface area contributed by atoms with Gasteiger partial charge >= 0.3 is 0 Å². The van der Waals surface area contributed by atoms with E-state index in [9.17, 15) is 4.79 Å². The second kappa shape index (κ2) is 5.97. The molecule has 0 spiro atoms. The highest BCUT2D eigenvalue weighted by molar-refractivity contribution is 9.09. The lowest BCUT2D eigenvalue weighted by molar-refractivity contribution is -0.139. The highest BCUT2D eigenvalue weighted by Crippen LogP contribution is 2.17. The van der Waals surface area contributed by atoms with Crippen LogP contribution in [-0.4, -0.2) is 36.0 Å². The summed E-state index contributed by atoms with van der Waals surface area (Å²) in [6, 6.07) is 0. The van der Waals surface area contributed by atoms with E-state index in [1.54, 1.807) is 21.0 Å². The van der Waals surface area contributed by atoms with Gasteiger partial charge in [-0.15, -0.1) is 0 Å². The molecule has 0 aromatic heterocycles. The Morgan fingerprint density at radius 2 is 1.80 bits per heavy atom. The van der Waals surface area contributed by atoms with Gasteiger partial charge in [0.2, 0.25) is 0 Å². The molecular weight excluding hydrogens is 260 g/mol. The fourth-order valence-corrected chi connectivity index (χ4v) is 1.57. The van der Waals surface area contributed by atoms with Gasteiger partial charge in [0.05, 0.1) is 17.5 Å². The lowest BCUT2D eigenvalue weighted by atomic mass is 10.0. The first-order chi connectivity index (χ1) is 6.75. The summed E-state index contributed by atoms with van der Waals surface area (Å²) in [5.41, 5.74) is -0.916. The Morgan fingerprint density at radius 1 is 1.27 bits per heavy atom. The Labute approximate surface area is 101 Å². The Hall–Kier alpha value is 0.0700. The molecule has 0 aliphatic carbocycles. The van der Waals surface area contributed by atoms with E-state index >= 15 is 0 Å². The van der Waals surface area contributed by atoms with E-state index in [1.165, 1.54) is 0 Å². The van der Waals surface area contributed by atoms with E-state index in [0.717, 1.165) is 6.42 Å². The normalized spacial score (nSPS) is 12.9. The molecule has 0 atom stereocenters. The zero-order valence-electron chi connectivity index (χ0n) is 10.2. The van der Waals surface area contributed by atoms with Crippen molar-refractivity contribution in [1.82, 2.24) is 0 Å². The Balaban J connectivity index is 4.00. The zero-order valence-corrected chi connectivity index (χ0v) is 11.8. The molecule has 0 saturated heterocycles. The molecule has 0 radical (unpaired) electrons. The number of ketones is 1. The predicted molar refractivity (Wildman–Crippen MR) is 64.5 cm³/mol. The molecule has 0 saturated carbocycles. The van der Waals surface area contributed by atoms with Crippen molar-refractivity contribution in [1.29, 1.82) is 0 Å². The monoisotopic (exact) mass is 280 g/mol. The number of hydrogen-bond donors (Lipinski definition) is 0. The summed E-state index contributed by atoms with van der Waals surface area (Å²) in [5.74, 6) is 0.0534. The smallest absolute Gasteiger partial charge is 0.174 e. The summed E-state index contributed by atoms with van der Waals surface area (Å²) in [4.78, 5) is 11.5. The first-order valence-electron chi connectivity index (χ1n) is 5.03. The van der Waals surface area contributed by atoms with E-state index in [4.69, 9.17) is 9.47 Å². The van der Waals surface area contributed by atoms with Gasteiger partial charge in [-0.2, -0.15) is 0 Å². The second-order valence-corrected chi connectivity index (χ2v) is 5.19. The van der Waals surface area contributed by atoms with Gasteiger partial charge in [-0.25, -0.2) is 0 Å². The summed E-state index contributed by atoms with van der Waals surface area (Å²) in [7, 11) is 1.68. The minimum Gasteiger partial charge on any atom is -0.379 e. The highest BCUT2D eigenvalue weighted by atomic mass is 79.9. The second-order valence-electron chi connectivity index (χ2n) is 4.63. The van der Waals surface area contributed by atoms with Crippen LogP contribution in [0.1, 0.15) is 34.1 Å². The third kappa shape index (κ3) is 5.64. The first kappa shape index (κ1) is 15.1. The van der Waals surface area contributed by atoms with E-state index in [1.807, 2.05) is 13.8 Å². The van der Waals surface area contributed by atoms with Crippen LogP contribution < -0.4 is 0 Å². The largest absolute Gasteiger partial charge is 0.379 e. The molecule has 0 aromatic rings. The number of carbonyl (C=O) groups excluding carboxylic acids is 1. The van der Waals surface area contributed by atoms with Crippen molar-refractivity contribution in [3.8, 4) is 0 Å². The number of alkyl halides is 1. The molecule has 0 N–H and O–H groups in total. The standard InChI is InChI=1S/C11H21BrO3/c1-10(2,14-5)6-7-15-11(3,4)9(13)8-12/h6-8H2,1-5H3. The van der Waals surface area contributed by atoms with Gasteiger partial charge in [0.1, 0.15) is 5.60 Å². The van der Waals surface area contributed by atoms with Crippen LogP contribution in [-0.2, 0) is 14.3 Å². The van der Waals surface area contributed by atoms with Crippen molar-refractivity contribution >= 4 is 21.7 Å². The molecule has 90 valence electrons. The molecule has 0 aliphatic rings. The fraction of sp³-hybridized carbons (Fsp3) is 0.909. The Morgan fingerprint density at radius 3 is 2.20 bits per heavy atom. The van der Waals surface area contributed by atoms with Crippen molar-refractivity contribution in [2.75, 3.05) is 19.0 Å². The number of ether oxygens (including phenoxy) is 2. The van der Waals surface area contributed by atoms with Gasteiger partial charge in [-0.1, -0.05) is 15.9 Å². The molecular formula is C11H21BrO3. The quantitative estimate of drug-likeness (QED) is 0.673. The number of carbonyl (C=O) groups is 1. The van der Waals surface area contributed by atoms with Crippen molar-refractivity contribution in [2.45, 2.75) is 45.3 Å². The Bertz CT molecular complexity index is 212. The molecule has 4 heteroatoms. The highest BCUT2D eigenvalue weighted by Gasteiger charge is 2.28. The van der Waals surface area contributed by atoms with Crippen LogP contribution in [0.3, 0.4) is 0 Å². The topological polar surface area (TPSA) is 35.5 Å². The van der Waals surface area contributed by atoms with E-state index in [0.29, 0.717) is 11.9 Å². The molecule has 0 unspecified atom stereocenters. The van der Waals surface area contributed by atoms with E-state index in [-0.39, 0.29) is 11.4 Å². The van der Waals surface area contributed by atoms with Crippen molar-refractivity contribution in [2.24, 2.45) is 0 Å². The van der Waals surface area contributed by atoms with Gasteiger partial charge in [-0.05, 0) is 34.1 Å². The third-order valence-electron chi connectivity index (χ3n) is 2.51.